The van der Waals surface area contributed by atoms with Crippen LogP contribution in [0.2, 0.25) is 0 Å². The molecule has 0 bridgehead atoms. The Kier molecular flexibility index (Phi) is 5.85. The highest BCUT2D eigenvalue weighted by molar-refractivity contribution is 7.22. The van der Waals surface area contributed by atoms with Gasteiger partial charge in [-0.3, -0.25) is 14.6 Å². The van der Waals surface area contributed by atoms with Crippen molar-refractivity contribution in [1.82, 2.24) is 9.88 Å². The van der Waals surface area contributed by atoms with Gasteiger partial charge in [-0.15, -0.1) is 0 Å². The normalized spacial score (nSPS) is 16.5. The van der Waals surface area contributed by atoms with Gasteiger partial charge in [-0.1, -0.05) is 49.2 Å². The van der Waals surface area contributed by atoms with Crippen LogP contribution in [0.5, 0.6) is 0 Å². The average molecular weight is 346 g/mol. The van der Waals surface area contributed by atoms with E-state index >= 15 is 0 Å². The molecule has 1 aromatic carbocycles. The lowest BCUT2D eigenvalue weighted by Crippen LogP contribution is -2.42. The molecule has 0 spiro atoms. The lowest BCUT2D eigenvalue weighted by atomic mass is 10.1. The molecule has 1 amide bonds. The van der Waals surface area contributed by atoms with Crippen LogP contribution in [0.1, 0.15) is 45.4 Å². The van der Waals surface area contributed by atoms with Crippen LogP contribution in [0.15, 0.2) is 24.3 Å². The van der Waals surface area contributed by atoms with Crippen LogP contribution >= 0.6 is 11.3 Å². The third-order valence-electron chi connectivity index (χ3n) is 4.96. The predicted octanol–water partition coefficient (Wildman–Crippen LogP) is 4.30. The minimum Gasteiger partial charge on any atom is -0.295 e. The molecule has 0 saturated heterocycles. The predicted molar refractivity (Wildman–Crippen MR) is 102 cm³/mol. The van der Waals surface area contributed by atoms with E-state index in [1.54, 1.807) is 11.3 Å². The molecular formula is C19H27N3OS. The maximum atomic E-state index is 12.8. The molecule has 5 heteroatoms. The number of thiazole rings is 1. The molecule has 0 aliphatic heterocycles. The molecule has 3 rings (SSSR count). The smallest absolute Gasteiger partial charge is 0.242 e. The van der Waals surface area contributed by atoms with E-state index in [1.807, 2.05) is 30.0 Å². The first-order chi connectivity index (χ1) is 11.7. The van der Waals surface area contributed by atoms with Gasteiger partial charge in [0.15, 0.2) is 5.13 Å². The molecule has 24 heavy (non-hydrogen) atoms. The second kappa shape index (κ2) is 8.08. The van der Waals surface area contributed by atoms with Crippen LogP contribution in [0, 0.1) is 0 Å². The first kappa shape index (κ1) is 17.4. The zero-order valence-corrected chi connectivity index (χ0v) is 15.5. The summed E-state index contributed by atoms with van der Waals surface area (Å²) in [7, 11) is 2.10. The Hall–Kier alpha value is -1.46. The summed E-state index contributed by atoms with van der Waals surface area (Å²) in [4.78, 5) is 21.6. The van der Waals surface area contributed by atoms with Gasteiger partial charge in [0.2, 0.25) is 5.91 Å². The maximum Gasteiger partial charge on any atom is 0.242 e. The van der Waals surface area contributed by atoms with Gasteiger partial charge < -0.3 is 0 Å². The highest BCUT2D eigenvalue weighted by atomic mass is 32.1. The largest absolute Gasteiger partial charge is 0.295 e. The fraction of sp³-hybridized carbons (Fsp3) is 0.579. The molecule has 1 aromatic heterocycles. The maximum absolute atomic E-state index is 12.8. The van der Waals surface area contributed by atoms with Gasteiger partial charge in [-0.05, 0) is 38.9 Å². The fourth-order valence-electron chi connectivity index (χ4n) is 3.52. The van der Waals surface area contributed by atoms with Crippen molar-refractivity contribution >= 4 is 32.6 Å². The highest BCUT2D eigenvalue weighted by Crippen LogP contribution is 2.29. The van der Waals surface area contributed by atoms with Gasteiger partial charge in [0.05, 0.1) is 16.8 Å². The number of carbonyl (C=O) groups is 1. The molecule has 1 aliphatic carbocycles. The minimum atomic E-state index is 0.156. The summed E-state index contributed by atoms with van der Waals surface area (Å²) in [6.45, 7) is 3.17. The van der Waals surface area contributed by atoms with Crippen LogP contribution in [0.25, 0.3) is 10.2 Å². The molecule has 0 atom stereocenters. The van der Waals surface area contributed by atoms with E-state index in [-0.39, 0.29) is 5.91 Å². The Bertz CT molecular complexity index is 643. The van der Waals surface area contributed by atoms with Crippen LogP contribution in [-0.2, 0) is 4.79 Å². The molecule has 0 radical (unpaired) electrons. The summed E-state index contributed by atoms with van der Waals surface area (Å²) in [6, 6.07) is 8.62. The molecule has 0 unspecified atom stereocenters. The number of likely N-dealkylation sites (N-methyl/N-ethyl adjacent to an activating group) is 2. The summed E-state index contributed by atoms with van der Waals surface area (Å²) in [6.07, 6.45) is 7.70. The summed E-state index contributed by atoms with van der Waals surface area (Å²) >= 11 is 1.60. The molecule has 2 aromatic rings. The van der Waals surface area contributed by atoms with Crippen LogP contribution < -0.4 is 4.90 Å². The molecule has 1 aliphatic rings. The van der Waals surface area contributed by atoms with E-state index < -0.39 is 0 Å². The Balaban J connectivity index is 1.69. The number of anilines is 1. The number of para-hydroxylation sites is 1. The first-order valence-corrected chi connectivity index (χ1v) is 9.87. The number of carbonyl (C=O) groups excluding carboxylic acids is 1. The van der Waals surface area contributed by atoms with Gasteiger partial charge in [-0.25, -0.2) is 4.98 Å². The van der Waals surface area contributed by atoms with Crippen molar-refractivity contribution in [2.24, 2.45) is 0 Å². The van der Waals surface area contributed by atoms with Gasteiger partial charge in [-0.2, -0.15) is 0 Å². The van der Waals surface area contributed by atoms with E-state index in [1.165, 1.54) is 38.5 Å². The molecule has 1 fully saturated rings. The zero-order chi connectivity index (χ0) is 16.9. The lowest BCUT2D eigenvalue weighted by Gasteiger charge is -2.28. The average Bonchev–Trinajstić information content (AvgIpc) is 2.80. The quantitative estimate of drug-likeness (QED) is 0.758. The number of benzene rings is 1. The van der Waals surface area contributed by atoms with Gasteiger partial charge in [0, 0.05) is 12.6 Å². The highest BCUT2D eigenvalue weighted by Gasteiger charge is 2.23. The van der Waals surface area contributed by atoms with Crippen molar-refractivity contribution in [3.05, 3.63) is 24.3 Å². The Morgan fingerprint density at radius 1 is 1.21 bits per heavy atom. The summed E-state index contributed by atoms with van der Waals surface area (Å²) < 4.78 is 1.14. The van der Waals surface area contributed by atoms with Crippen molar-refractivity contribution in [2.45, 2.75) is 51.5 Å². The third kappa shape index (κ3) is 3.95. The standard InChI is InChI=1S/C19H27N3OS/c1-3-22(19-20-16-12-8-9-13-17(16)24-19)18(23)14-21(2)15-10-6-4-5-7-11-15/h8-9,12-13,15H,3-7,10-11,14H2,1-2H3. The SMILES string of the molecule is CCN(C(=O)CN(C)C1CCCCCC1)c1nc2ccccc2s1. The fourth-order valence-corrected chi connectivity index (χ4v) is 4.57. The van der Waals surface area contributed by atoms with Crippen molar-refractivity contribution < 1.29 is 4.79 Å². The summed E-state index contributed by atoms with van der Waals surface area (Å²) in [5, 5.41) is 0.818. The number of aromatic nitrogens is 1. The second-order valence-electron chi connectivity index (χ2n) is 6.66. The van der Waals surface area contributed by atoms with Crippen molar-refractivity contribution in [2.75, 3.05) is 25.0 Å². The van der Waals surface area contributed by atoms with Crippen LogP contribution in [-0.4, -0.2) is 42.0 Å². The lowest BCUT2D eigenvalue weighted by molar-refractivity contribution is -0.120. The van der Waals surface area contributed by atoms with E-state index in [9.17, 15) is 4.79 Å². The van der Waals surface area contributed by atoms with Gasteiger partial charge in [0.1, 0.15) is 0 Å². The topological polar surface area (TPSA) is 36.4 Å². The number of nitrogens with zero attached hydrogens (tertiary/aromatic N) is 3. The zero-order valence-electron chi connectivity index (χ0n) is 14.7. The number of fused-ring (bicyclic) bond motifs is 1. The van der Waals surface area contributed by atoms with Gasteiger partial charge >= 0.3 is 0 Å². The number of amides is 1. The monoisotopic (exact) mass is 345 g/mol. The van der Waals surface area contributed by atoms with Crippen molar-refractivity contribution in [3.63, 3.8) is 0 Å². The van der Waals surface area contributed by atoms with Crippen LogP contribution in [0.3, 0.4) is 0 Å². The number of rotatable bonds is 5. The minimum absolute atomic E-state index is 0.156. The van der Waals surface area contributed by atoms with Gasteiger partial charge in [0.25, 0.3) is 0 Å². The summed E-state index contributed by atoms with van der Waals surface area (Å²) in [5.41, 5.74) is 0.973. The Labute approximate surface area is 148 Å². The molecule has 130 valence electrons. The molecule has 4 nitrogen and oxygen atoms in total. The van der Waals surface area contributed by atoms with Crippen molar-refractivity contribution in [3.8, 4) is 0 Å². The first-order valence-electron chi connectivity index (χ1n) is 9.05. The Morgan fingerprint density at radius 2 is 1.92 bits per heavy atom. The summed E-state index contributed by atoms with van der Waals surface area (Å²) in [5.74, 6) is 0.156. The number of hydrogen-bond acceptors (Lipinski definition) is 4. The third-order valence-corrected chi connectivity index (χ3v) is 6.02. The molecule has 0 N–H and O–H groups in total. The Morgan fingerprint density at radius 3 is 2.58 bits per heavy atom. The molecular weight excluding hydrogens is 318 g/mol. The number of hydrogen-bond donors (Lipinski definition) is 0. The molecule has 1 heterocycles. The van der Waals surface area contributed by atoms with E-state index in [2.05, 4.69) is 23.0 Å². The van der Waals surface area contributed by atoms with Crippen LogP contribution in [0.4, 0.5) is 5.13 Å². The van der Waals surface area contributed by atoms with E-state index in [0.29, 0.717) is 19.1 Å². The van der Waals surface area contributed by atoms with E-state index in [0.717, 1.165) is 15.3 Å². The van der Waals surface area contributed by atoms with Crippen molar-refractivity contribution in [1.29, 1.82) is 0 Å². The second-order valence-corrected chi connectivity index (χ2v) is 7.67. The molecule has 1 saturated carbocycles. The van der Waals surface area contributed by atoms with E-state index in [4.69, 9.17) is 0 Å².